The SMILES string of the molecule is N#CC#CC(F)F. The molecule has 0 fully saturated rings. The number of alkyl halides is 2. The molecule has 0 bridgehead atoms. The average molecular weight is 101 g/mol. The van der Waals surface area contributed by atoms with E-state index in [-0.39, 0.29) is 0 Å². The molecular weight excluding hydrogens is 100 g/mol. The summed E-state index contributed by atoms with van der Waals surface area (Å²) in [5.74, 6) is 2.90. The maximum absolute atomic E-state index is 10.9. The zero-order valence-electron chi connectivity index (χ0n) is 3.28. The Hall–Kier alpha value is -1.09. The van der Waals surface area contributed by atoms with Crippen LogP contribution in [0.2, 0.25) is 0 Å². The molecule has 0 saturated heterocycles. The van der Waals surface area contributed by atoms with E-state index in [2.05, 4.69) is 0 Å². The highest BCUT2D eigenvalue weighted by Crippen LogP contribution is 1.84. The lowest BCUT2D eigenvalue weighted by Gasteiger charge is -1.72. The predicted molar refractivity (Wildman–Crippen MR) is 19.4 cm³/mol. The molecule has 0 aromatic rings. The van der Waals surface area contributed by atoms with Gasteiger partial charge >= 0.3 is 0 Å². The van der Waals surface area contributed by atoms with Crippen LogP contribution in [0.25, 0.3) is 0 Å². The number of nitrogens with zero attached hydrogens (tertiary/aromatic N) is 1. The second-order valence-corrected chi connectivity index (χ2v) is 0.682. The van der Waals surface area contributed by atoms with Gasteiger partial charge in [0.1, 0.15) is 0 Å². The van der Waals surface area contributed by atoms with Crippen molar-refractivity contribution in [2.75, 3.05) is 0 Å². The molecule has 3 heteroatoms. The highest BCUT2D eigenvalue weighted by molar-refractivity contribution is 5.17. The van der Waals surface area contributed by atoms with Crippen LogP contribution < -0.4 is 0 Å². The molecule has 0 aliphatic heterocycles. The summed E-state index contributed by atoms with van der Waals surface area (Å²) in [7, 11) is 0. The fourth-order valence-corrected chi connectivity index (χ4v) is 0.0868. The van der Waals surface area contributed by atoms with E-state index >= 15 is 0 Å². The van der Waals surface area contributed by atoms with Crippen molar-refractivity contribution in [3.05, 3.63) is 0 Å². The molecule has 0 saturated carbocycles. The molecule has 0 N–H and O–H groups in total. The van der Waals surface area contributed by atoms with Gasteiger partial charge in [-0.1, -0.05) is 0 Å². The first-order valence-electron chi connectivity index (χ1n) is 1.45. The van der Waals surface area contributed by atoms with Crippen molar-refractivity contribution in [3.8, 4) is 17.9 Å². The van der Waals surface area contributed by atoms with Crippen molar-refractivity contribution in [1.29, 1.82) is 5.26 Å². The third kappa shape index (κ3) is 4.91. The number of halogens is 2. The predicted octanol–water partition coefficient (Wildman–Crippen LogP) is 0.778. The Morgan fingerprint density at radius 3 is 2.14 bits per heavy atom. The van der Waals surface area contributed by atoms with Crippen LogP contribution in [0.4, 0.5) is 8.78 Å². The number of hydrogen-bond donors (Lipinski definition) is 0. The fourth-order valence-electron chi connectivity index (χ4n) is 0.0868. The van der Waals surface area contributed by atoms with Crippen LogP contribution in [-0.4, -0.2) is 6.43 Å². The van der Waals surface area contributed by atoms with E-state index < -0.39 is 6.43 Å². The standard InChI is InChI=1S/C4HF2N/c5-4(6)2-1-3-7/h4H. The van der Waals surface area contributed by atoms with Gasteiger partial charge in [0.25, 0.3) is 6.43 Å². The topological polar surface area (TPSA) is 23.8 Å². The Bertz CT molecular complexity index is 134. The van der Waals surface area contributed by atoms with Crippen LogP contribution in [0.1, 0.15) is 0 Å². The van der Waals surface area contributed by atoms with Crippen molar-refractivity contribution >= 4 is 0 Å². The molecule has 0 rings (SSSR count). The first-order chi connectivity index (χ1) is 3.27. The summed E-state index contributed by atoms with van der Waals surface area (Å²) in [5, 5.41) is 7.56. The van der Waals surface area contributed by atoms with Crippen LogP contribution >= 0.6 is 0 Å². The molecular formula is C4HF2N. The second-order valence-electron chi connectivity index (χ2n) is 0.682. The van der Waals surface area contributed by atoms with Gasteiger partial charge < -0.3 is 0 Å². The van der Waals surface area contributed by atoms with E-state index in [4.69, 9.17) is 5.26 Å². The highest BCUT2D eigenvalue weighted by Gasteiger charge is 1.88. The summed E-state index contributed by atoms with van der Waals surface area (Å²) < 4.78 is 21.8. The van der Waals surface area contributed by atoms with E-state index in [1.807, 2.05) is 0 Å². The molecule has 0 aliphatic rings. The van der Waals surface area contributed by atoms with Gasteiger partial charge in [0.05, 0.1) is 0 Å². The third-order valence-electron chi connectivity index (χ3n) is 0.237. The van der Waals surface area contributed by atoms with Gasteiger partial charge in [-0.25, -0.2) is 0 Å². The largest absolute Gasteiger partial charge is 0.299 e. The number of nitriles is 1. The Morgan fingerprint density at radius 1 is 1.43 bits per heavy atom. The molecule has 1 nitrogen and oxygen atoms in total. The molecule has 0 atom stereocenters. The van der Waals surface area contributed by atoms with Gasteiger partial charge in [-0.15, -0.1) is 0 Å². The lowest BCUT2D eigenvalue weighted by molar-refractivity contribution is 0.215. The monoisotopic (exact) mass is 101 g/mol. The minimum absolute atomic E-state index is 1.26. The second kappa shape index (κ2) is 3.11. The smallest absolute Gasteiger partial charge is 0.196 e. The van der Waals surface area contributed by atoms with Crippen molar-refractivity contribution in [1.82, 2.24) is 0 Å². The minimum atomic E-state index is -2.68. The first kappa shape index (κ1) is 5.91. The highest BCUT2D eigenvalue weighted by atomic mass is 19.3. The summed E-state index contributed by atoms with van der Waals surface area (Å²) in [6, 6.07) is 1.26. The molecule has 0 aromatic heterocycles. The number of hydrogen-bond acceptors (Lipinski definition) is 1. The molecule has 36 valence electrons. The molecule has 0 aliphatic carbocycles. The maximum Gasteiger partial charge on any atom is 0.299 e. The van der Waals surface area contributed by atoms with Crippen LogP contribution in [0.15, 0.2) is 0 Å². The molecule has 0 amide bonds. The summed E-state index contributed by atoms with van der Waals surface area (Å²) >= 11 is 0. The minimum Gasteiger partial charge on any atom is -0.196 e. The summed E-state index contributed by atoms with van der Waals surface area (Å²) in [4.78, 5) is 0. The quantitative estimate of drug-likeness (QED) is 0.413. The van der Waals surface area contributed by atoms with Gasteiger partial charge in [0.2, 0.25) is 0 Å². The zero-order valence-corrected chi connectivity index (χ0v) is 3.28. The van der Waals surface area contributed by atoms with Gasteiger partial charge in [0.15, 0.2) is 6.07 Å². The van der Waals surface area contributed by atoms with Gasteiger partial charge in [-0.3, -0.25) is 0 Å². The van der Waals surface area contributed by atoms with Crippen molar-refractivity contribution in [3.63, 3.8) is 0 Å². The third-order valence-corrected chi connectivity index (χ3v) is 0.237. The molecule has 0 aromatic carbocycles. The zero-order chi connectivity index (χ0) is 5.70. The van der Waals surface area contributed by atoms with E-state index in [9.17, 15) is 8.78 Å². The Kier molecular flexibility index (Phi) is 2.63. The van der Waals surface area contributed by atoms with Gasteiger partial charge in [-0.2, -0.15) is 14.0 Å². The molecule has 0 spiro atoms. The van der Waals surface area contributed by atoms with Crippen LogP contribution in [0.3, 0.4) is 0 Å². The molecule has 0 radical (unpaired) electrons. The maximum atomic E-state index is 10.9. The van der Waals surface area contributed by atoms with Crippen LogP contribution in [-0.2, 0) is 0 Å². The summed E-state index contributed by atoms with van der Waals surface area (Å²) in [6.45, 7) is 0. The lowest BCUT2D eigenvalue weighted by Crippen LogP contribution is -1.78. The van der Waals surface area contributed by atoms with E-state index in [0.717, 1.165) is 0 Å². The van der Waals surface area contributed by atoms with Crippen molar-refractivity contribution in [2.45, 2.75) is 6.43 Å². The fraction of sp³-hybridized carbons (Fsp3) is 0.250. The molecule has 0 unspecified atom stereocenters. The van der Waals surface area contributed by atoms with Crippen LogP contribution in [0.5, 0.6) is 0 Å². The van der Waals surface area contributed by atoms with E-state index in [1.54, 1.807) is 5.92 Å². The Labute approximate surface area is 39.6 Å². The van der Waals surface area contributed by atoms with Crippen molar-refractivity contribution in [2.24, 2.45) is 0 Å². The lowest BCUT2D eigenvalue weighted by atomic mass is 10.6. The number of rotatable bonds is 0. The van der Waals surface area contributed by atoms with Crippen LogP contribution in [0, 0.1) is 23.2 Å². The Morgan fingerprint density at radius 2 is 2.00 bits per heavy atom. The normalized spacial score (nSPS) is 6.57. The average Bonchev–Trinajstić information content (AvgIpc) is 1.61. The summed E-state index contributed by atoms with van der Waals surface area (Å²) in [6.07, 6.45) is -2.68. The van der Waals surface area contributed by atoms with Crippen molar-refractivity contribution < 1.29 is 8.78 Å². The molecule has 7 heavy (non-hydrogen) atoms. The first-order valence-corrected chi connectivity index (χ1v) is 1.45. The van der Waals surface area contributed by atoms with Gasteiger partial charge in [-0.05, 0) is 5.92 Å². The summed E-state index contributed by atoms with van der Waals surface area (Å²) in [5.41, 5.74) is 0. The van der Waals surface area contributed by atoms with E-state index in [1.165, 1.54) is 12.0 Å². The van der Waals surface area contributed by atoms with E-state index in [0.29, 0.717) is 0 Å². The molecule has 0 heterocycles. The van der Waals surface area contributed by atoms with Gasteiger partial charge in [0, 0.05) is 5.92 Å². The Balaban J connectivity index is 3.50.